The van der Waals surface area contributed by atoms with Crippen molar-refractivity contribution in [3.63, 3.8) is 0 Å². The molecule has 4 heteroatoms. The molecule has 2 aromatic heterocycles. The fourth-order valence-corrected chi connectivity index (χ4v) is 2.10. The number of hydrogen-bond donors (Lipinski definition) is 0. The molecule has 1 aromatic carbocycles. The second kappa shape index (κ2) is 5.17. The third-order valence-corrected chi connectivity index (χ3v) is 3.05. The van der Waals surface area contributed by atoms with Crippen LogP contribution in [0.4, 0.5) is 0 Å². The number of benzene rings is 1. The Bertz CT molecular complexity index is 744. The van der Waals surface area contributed by atoms with Crippen molar-refractivity contribution in [2.45, 2.75) is 6.92 Å². The van der Waals surface area contributed by atoms with Crippen LogP contribution < -0.4 is 0 Å². The number of hydrogen-bond acceptors (Lipinski definition) is 4. The summed E-state index contributed by atoms with van der Waals surface area (Å²) in [6.45, 7) is 2.16. The maximum Gasteiger partial charge on any atom is 0.338 e. The van der Waals surface area contributed by atoms with E-state index < -0.39 is 0 Å². The minimum absolute atomic E-state index is 0.312. The molecule has 0 fully saturated rings. The SMILES string of the molecule is CCOC(=O)c1ccc(-c2nccc3occc23)cc1. The summed E-state index contributed by atoms with van der Waals surface area (Å²) in [5, 5.41) is 0.955. The van der Waals surface area contributed by atoms with Crippen LogP contribution in [0, 0.1) is 0 Å². The molecule has 0 saturated heterocycles. The zero-order chi connectivity index (χ0) is 13.9. The quantitative estimate of drug-likeness (QED) is 0.679. The van der Waals surface area contributed by atoms with Gasteiger partial charge in [-0.15, -0.1) is 0 Å². The molecular weight excluding hydrogens is 254 g/mol. The van der Waals surface area contributed by atoms with Crippen LogP contribution >= 0.6 is 0 Å². The number of ether oxygens (including phenoxy) is 1. The normalized spacial score (nSPS) is 10.7. The molecule has 20 heavy (non-hydrogen) atoms. The van der Waals surface area contributed by atoms with E-state index in [-0.39, 0.29) is 5.97 Å². The lowest BCUT2D eigenvalue weighted by atomic mass is 10.1. The average molecular weight is 267 g/mol. The third-order valence-electron chi connectivity index (χ3n) is 3.05. The molecule has 3 aromatic rings. The van der Waals surface area contributed by atoms with Gasteiger partial charge in [-0.25, -0.2) is 4.79 Å². The van der Waals surface area contributed by atoms with E-state index in [1.165, 1.54) is 0 Å². The highest BCUT2D eigenvalue weighted by atomic mass is 16.5. The summed E-state index contributed by atoms with van der Waals surface area (Å²) in [5.41, 5.74) is 3.11. The number of furan rings is 1. The van der Waals surface area contributed by atoms with E-state index in [0.29, 0.717) is 12.2 Å². The van der Waals surface area contributed by atoms with E-state index in [1.54, 1.807) is 31.5 Å². The van der Waals surface area contributed by atoms with Crippen molar-refractivity contribution >= 4 is 16.9 Å². The summed E-state index contributed by atoms with van der Waals surface area (Å²) in [7, 11) is 0. The molecule has 0 spiro atoms. The lowest BCUT2D eigenvalue weighted by molar-refractivity contribution is 0.0526. The lowest BCUT2D eigenvalue weighted by Gasteiger charge is -2.04. The molecule has 0 radical (unpaired) electrons. The van der Waals surface area contributed by atoms with Gasteiger partial charge < -0.3 is 9.15 Å². The first-order valence-corrected chi connectivity index (χ1v) is 6.39. The number of aromatic nitrogens is 1. The molecular formula is C16H13NO3. The monoisotopic (exact) mass is 267 g/mol. The molecule has 4 nitrogen and oxygen atoms in total. The average Bonchev–Trinajstić information content (AvgIpc) is 2.96. The van der Waals surface area contributed by atoms with Gasteiger partial charge in [-0.3, -0.25) is 4.98 Å². The van der Waals surface area contributed by atoms with Crippen molar-refractivity contribution in [2.75, 3.05) is 6.61 Å². The van der Waals surface area contributed by atoms with Gasteiger partial charge in [-0.05, 0) is 31.2 Å². The van der Waals surface area contributed by atoms with Gasteiger partial charge in [-0.1, -0.05) is 12.1 Å². The van der Waals surface area contributed by atoms with Gasteiger partial charge in [-0.2, -0.15) is 0 Å². The van der Waals surface area contributed by atoms with Gasteiger partial charge in [0.2, 0.25) is 0 Å². The zero-order valence-corrected chi connectivity index (χ0v) is 11.0. The van der Waals surface area contributed by atoms with Crippen molar-refractivity contribution in [3.05, 3.63) is 54.4 Å². The van der Waals surface area contributed by atoms with Crippen LogP contribution in [0.2, 0.25) is 0 Å². The van der Waals surface area contributed by atoms with Crippen LogP contribution in [-0.4, -0.2) is 17.6 Å². The van der Waals surface area contributed by atoms with E-state index in [4.69, 9.17) is 9.15 Å². The van der Waals surface area contributed by atoms with Crippen LogP contribution in [-0.2, 0) is 4.74 Å². The first kappa shape index (κ1) is 12.4. The van der Waals surface area contributed by atoms with E-state index in [1.807, 2.05) is 24.3 Å². The Morgan fingerprint density at radius 1 is 1.20 bits per heavy atom. The highest BCUT2D eigenvalue weighted by Crippen LogP contribution is 2.27. The van der Waals surface area contributed by atoms with E-state index in [0.717, 1.165) is 22.2 Å². The predicted octanol–water partition coefficient (Wildman–Crippen LogP) is 3.67. The number of carbonyl (C=O) groups excluding carboxylic acids is 1. The molecule has 0 atom stereocenters. The van der Waals surface area contributed by atoms with Gasteiger partial charge in [0.05, 0.1) is 24.1 Å². The third kappa shape index (κ3) is 2.16. The zero-order valence-electron chi connectivity index (χ0n) is 11.0. The molecule has 0 aliphatic rings. The summed E-state index contributed by atoms with van der Waals surface area (Å²) < 4.78 is 10.3. The van der Waals surface area contributed by atoms with Crippen molar-refractivity contribution in [1.82, 2.24) is 4.98 Å². The number of rotatable bonds is 3. The van der Waals surface area contributed by atoms with Crippen molar-refractivity contribution in [2.24, 2.45) is 0 Å². The molecule has 3 rings (SSSR count). The van der Waals surface area contributed by atoms with Crippen LogP contribution in [0.3, 0.4) is 0 Å². The van der Waals surface area contributed by atoms with Crippen molar-refractivity contribution in [3.8, 4) is 11.3 Å². The number of nitrogens with zero attached hydrogens (tertiary/aromatic N) is 1. The minimum atomic E-state index is -0.312. The Balaban J connectivity index is 1.99. The molecule has 0 N–H and O–H groups in total. The Kier molecular flexibility index (Phi) is 3.21. The second-order valence-electron chi connectivity index (χ2n) is 4.29. The number of carbonyl (C=O) groups is 1. The number of esters is 1. The van der Waals surface area contributed by atoms with Gasteiger partial charge in [0.1, 0.15) is 5.58 Å². The number of pyridine rings is 1. The van der Waals surface area contributed by atoms with E-state index in [2.05, 4.69) is 4.98 Å². The molecule has 0 unspecified atom stereocenters. The largest absolute Gasteiger partial charge is 0.464 e. The Hall–Kier alpha value is -2.62. The summed E-state index contributed by atoms with van der Waals surface area (Å²) in [5.74, 6) is -0.312. The topological polar surface area (TPSA) is 52.3 Å². The Labute approximate surface area is 116 Å². The molecule has 0 aliphatic carbocycles. The smallest absolute Gasteiger partial charge is 0.338 e. The van der Waals surface area contributed by atoms with Crippen molar-refractivity contribution < 1.29 is 13.9 Å². The van der Waals surface area contributed by atoms with Gasteiger partial charge in [0.15, 0.2) is 0 Å². The van der Waals surface area contributed by atoms with Crippen LogP contribution in [0.1, 0.15) is 17.3 Å². The van der Waals surface area contributed by atoms with Gasteiger partial charge in [0, 0.05) is 17.1 Å². The Morgan fingerprint density at radius 3 is 2.75 bits per heavy atom. The fourth-order valence-electron chi connectivity index (χ4n) is 2.10. The fraction of sp³-hybridized carbons (Fsp3) is 0.125. The Morgan fingerprint density at radius 2 is 2.00 bits per heavy atom. The number of fused-ring (bicyclic) bond motifs is 1. The predicted molar refractivity (Wildman–Crippen MR) is 75.4 cm³/mol. The first-order chi connectivity index (χ1) is 9.79. The van der Waals surface area contributed by atoms with Gasteiger partial charge in [0.25, 0.3) is 0 Å². The standard InChI is InChI=1S/C16H13NO3/c1-2-19-16(18)12-5-3-11(4-6-12)15-13-8-10-20-14(13)7-9-17-15/h3-10H,2H2,1H3. The lowest BCUT2D eigenvalue weighted by Crippen LogP contribution is -2.04. The first-order valence-electron chi connectivity index (χ1n) is 6.39. The molecule has 0 saturated carbocycles. The molecule has 2 heterocycles. The highest BCUT2D eigenvalue weighted by molar-refractivity contribution is 5.93. The summed E-state index contributed by atoms with van der Waals surface area (Å²) in [6.07, 6.45) is 3.35. The minimum Gasteiger partial charge on any atom is -0.464 e. The molecule has 0 amide bonds. The maximum absolute atomic E-state index is 11.6. The summed E-state index contributed by atoms with van der Waals surface area (Å²) in [6, 6.07) is 10.9. The highest BCUT2D eigenvalue weighted by Gasteiger charge is 2.09. The van der Waals surface area contributed by atoms with Crippen LogP contribution in [0.25, 0.3) is 22.2 Å². The molecule has 0 aliphatic heterocycles. The molecule has 0 bridgehead atoms. The summed E-state index contributed by atoms with van der Waals surface area (Å²) in [4.78, 5) is 16.0. The van der Waals surface area contributed by atoms with Crippen molar-refractivity contribution in [1.29, 1.82) is 0 Å². The molecule has 100 valence electrons. The van der Waals surface area contributed by atoms with Crippen LogP contribution in [0.5, 0.6) is 0 Å². The second-order valence-corrected chi connectivity index (χ2v) is 4.29. The van der Waals surface area contributed by atoms with Crippen LogP contribution in [0.15, 0.2) is 53.3 Å². The summed E-state index contributed by atoms with van der Waals surface area (Å²) >= 11 is 0. The van der Waals surface area contributed by atoms with E-state index in [9.17, 15) is 4.79 Å². The van der Waals surface area contributed by atoms with E-state index >= 15 is 0 Å². The maximum atomic E-state index is 11.6. The van der Waals surface area contributed by atoms with Gasteiger partial charge >= 0.3 is 5.97 Å².